The molecule has 0 fully saturated rings. The van der Waals surface area contributed by atoms with Gasteiger partial charge in [0.1, 0.15) is 5.75 Å². The Morgan fingerprint density at radius 2 is 1.63 bits per heavy atom. The maximum absolute atomic E-state index is 11.3. The van der Waals surface area contributed by atoms with E-state index in [0.717, 1.165) is 36.4 Å². The van der Waals surface area contributed by atoms with Gasteiger partial charge in [0.05, 0.1) is 20.1 Å². The number of rotatable bonds is 14. The van der Waals surface area contributed by atoms with Crippen LogP contribution < -0.4 is 24.7 Å². The van der Waals surface area contributed by atoms with E-state index in [1.807, 2.05) is 36.4 Å². The number of primary amides is 1. The first-order chi connectivity index (χ1) is 20.1. The van der Waals surface area contributed by atoms with Crippen molar-refractivity contribution in [1.82, 2.24) is 4.90 Å². The zero-order chi connectivity index (χ0) is 28.4. The average Bonchev–Trinajstić information content (AvgIpc) is 3.47. The first-order valence-corrected chi connectivity index (χ1v) is 13.9. The maximum Gasteiger partial charge on any atom is 0.231 e. The average molecular weight is 553 g/mol. The molecular formula is C34H36N2O5. The Kier molecular flexibility index (Phi) is 9.39. The predicted molar refractivity (Wildman–Crippen MR) is 159 cm³/mol. The first kappa shape index (κ1) is 28.1. The number of benzene rings is 4. The molecule has 5 rings (SSSR count). The molecule has 0 bridgehead atoms. The smallest absolute Gasteiger partial charge is 0.231 e. The van der Waals surface area contributed by atoms with Crippen LogP contribution in [0.1, 0.15) is 34.6 Å². The molecule has 4 aromatic carbocycles. The van der Waals surface area contributed by atoms with Gasteiger partial charge in [-0.2, -0.15) is 0 Å². The van der Waals surface area contributed by atoms with Gasteiger partial charge >= 0.3 is 0 Å². The highest BCUT2D eigenvalue weighted by molar-refractivity contribution is 5.76. The molecule has 7 nitrogen and oxygen atoms in total. The summed E-state index contributed by atoms with van der Waals surface area (Å²) in [5, 5.41) is 0. The summed E-state index contributed by atoms with van der Waals surface area (Å²) < 4.78 is 23.0. The zero-order valence-electron chi connectivity index (χ0n) is 23.3. The Labute approximate surface area is 241 Å². The van der Waals surface area contributed by atoms with Crippen LogP contribution in [0.3, 0.4) is 0 Å². The van der Waals surface area contributed by atoms with Crippen LogP contribution in [0.5, 0.6) is 23.0 Å². The molecule has 0 radical (unpaired) electrons. The summed E-state index contributed by atoms with van der Waals surface area (Å²) in [5.41, 5.74) is 9.84. The van der Waals surface area contributed by atoms with E-state index >= 15 is 0 Å². The Morgan fingerprint density at radius 3 is 2.32 bits per heavy atom. The number of hydrogen-bond donors (Lipinski definition) is 1. The van der Waals surface area contributed by atoms with E-state index in [2.05, 4.69) is 65.6 Å². The Morgan fingerprint density at radius 1 is 0.902 bits per heavy atom. The summed E-state index contributed by atoms with van der Waals surface area (Å²) in [6.07, 6.45) is 1.02. The molecule has 1 aliphatic heterocycles. The van der Waals surface area contributed by atoms with Crippen LogP contribution in [-0.4, -0.2) is 44.4 Å². The normalized spacial score (nSPS) is 12.1. The van der Waals surface area contributed by atoms with Gasteiger partial charge in [-0.25, -0.2) is 0 Å². The van der Waals surface area contributed by atoms with Crippen molar-refractivity contribution in [2.45, 2.75) is 25.3 Å². The molecule has 7 heteroatoms. The molecular weight excluding hydrogens is 516 g/mol. The summed E-state index contributed by atoms with van der Waals surface area (Å²) in [5.74, 6) is 2.62. The maximum atomic E-state index is 11.3. The number of fused-ring (bicyclic) bond motifs is 1. The van der Waals surface area contributed by atoms with Gasteiger partial charge in [0, 0.05) is 25.6 Å². The third-order valence-electron chi connectivity index (χ3n) is 7.13. The lowest BCUT2D eigenvalue weighted by molar-refractivity contribution is -0.117. The van der Waals surface area contributed by atoms with E-state index in [1.54, 1.807) is 7.11 Å². The van der Waals surface area contributed by atoms with Crippen LogP contribution in [0.15, 0.2) is 97.1 Å². The summed E-state index contributed by atoms with van der Waals surface area (Å²) in [7, 11) is 1.65. The van der Waals surface area contributed by atoms with Gasteiger partial charge in [0.25, 0.3) is 0 Å². The summed E-state index contributed by atoms with van der Waals surface area (Å²) in [6.45, 7) is 3.08. The largest absolute Gasteiger partial charge is 0.494 e. The van der Waals surface area contributed by atoms with Gasteiger partial charge < -0.3 is 24.7 Å². The van der Waals surface area contributed by atoms with E-state index in [1.165, 1.54) is 11.1 Å². The van der Waals surface area contributed by atoms with Crippen LogP contribution in [0.25, 0.3) is 0 Å². The number of hydrogen-bond acceptors (Lipinski definition) is 6. The van der Waals surface area contributed by atoms with Gasteiger partial charge in [0.15, 0.2) is 11.5 Å². The molecule has 0 spiro atoms. The predicted octanol–water partition coefficient (Wildman–Crippen LogP) is 5.55. The number of carbonyl (C=O) groups excluding carboxylic acids is 1. The second-order valence-electron chi connectivity index (χ2n) is 10.1. The molecule has 0 saturated heterocycles. The van der Waals surface area contributed by atoms with Crippen molar-refractivity contribution < 1.29 is 23.7 Å². The van der Waals surface area contributed by atoms with E-state index in [9.17, 15) is 4.79 Å². The van der Waals surface area contributed by atoms with Crippen molar-refractivity contribution >= 4 is 5.91 Å². The van der Waals surface area contributed by atoms with Crippen molar-refractivity contribution in [3.05, 3.63) is 119 Å². The lowest BCUT2D eigenvalue weighted by Gasteiger charge is -2.29. The topological polar surface area (TPSA) is 83.2 Å². The monoisotopic (exact) mass is 552 g/mol. The van der Waals surface area contributed by atoms with E-state index in [-0.39, 0.29) is 25.0 Å². The molecule has 0 aliphatic carbocycles. The number of nitrogens with two attached hydrogens (primary N) is 1. The Balaban J connectivity index is 1.34. The molecule has 1 aliphatic rings. The van der Waals surface area contributed by atoms with E-state index in [0.29, 0.717) is 30.4 Å². The summed E-state index contributed by atoms with van der Waals surface area (Å²) in [4.78, 5) is 13.8. The molecule has 0 aromatic heterocycles. The minimum Gasteiger partial charge on any atom is -0.494 e. The van der Waals surface area contributed by atoms with E-state index < -0.39 is 0 Å². The Hall–Kier alpha value is -4.49. The number of nitrogens with zero attached hydrogens (tertiary/aromatic N) is 1. The van der Waals surface area contributed by atoms with Crippen LogP contribution in [0.4, 0.5) is 0 Å². The highest BCUT2D eigenvalue weighted by Gasteiger charge is 2.23. The lowest BCUT2D eigenvalue weighted by atomic mass is 9.90. The molecule has 4 aromatic rings. The Bertz CT molecular complexity index is 1390. The fourth-order valence-electron chi connectivity index (χ4n) is 5.23. The van der Waals surface area contributed by atoms with Crippen molar-refractivity contribution in [3.8, 4) is 23.0 Å². The van der Waals surface area contributed by atoms with Crippen LogP contribution in [0, 0.1) is 0 Å². The van der Waals surface area contributed by atoms with Crippen LogP contribution >= 0.6 is 0 Å². The van der Waals surface area contributed by atoms with E-state index in [4.69, 9.17) is 24.7 Å². The van der Waals surface area contributed by atoms with Gasteiger partial charge in [0.2, 0.25) is 18.4 Å². The second kappa shape index (κ2) is 13.7. The van der Waals surface area contributed by atoms with Crippen molar-refractivity contribution in [2.75, 3.05) is 33.6 Å². The fraction of sp³-hybridized carbons (Fsp3) is 0.265. The van der Waals surface area contributed by atoms with Gasteiger partial charge in [-0.1, -0.05) is 72.8 Å². The van der Waals surface area contributed by atoms with Crippen molar-refractivity contribution in [1.29, 1.82) is 0 Å². The highest BCUT2D eigenvalue weighted by Crippen LogP contribution is 2.42. The lowest BCUT2D eigenvalue weighted by Crippen LogP contribution is -2.30. The summed E-state index contributed by atoms with van der Waals surface area (Å²) in [6, 6.07) is 32.9. The summed E-state index contributed by atoms with van der Waals surface area (Å²) >= 11 is 0. The fourth-order valence-corrected chi connectivity index (χ4v) is 5.23. The third-order valence-corrected chi connectivity index (χ3v) is 7.13. The standard InChI is InChI=1S/C34H36N2O5/c1-38-31-19-26(20-32-34(31)41-24-40-32)22-36(16-9-17-39-29-15-8-10-25(18-29)21-33(35)37)23-30(27-11-4-2-5-12-27)28-13-6-3-7-14-28/h2-8,10-15,18-20,30H,9,16-17,21-24H2,1H3,(H2,35,37). The number of ether oxygens (including phenoxy) is 4. The quantitative estimate of drug-likeness (QED) is 0.207. The molecule has 0 unspecified atom stereocenters. The third kappa shape index (κ3) is 7.58. The zero-order valence-corrected chi connectivity index (χ0v) is 23.3. The molecule has 1 heterocycles. The van der Waals surface area contributed by atoms with Gasteiger partial charge in [-0.05, 0) is 52.9 Å². The van der Waals surface area contributed by atoms with Gasteiger partial charge in [-0.15, -0.1) is 0 Å². The van der Waals surface area contributed by atoms with Gasteiger partial charge in [-0.3, -0.25) is 9.69 Å². The number of amides is 1. The number of carbonyl (C=O) groups is 1. The van der Waals surface area contributed by atoms with Crippen LogP contribution in [-0.2, 0) is 17.8 Å². The molecule has 1 amide bonds. The highest BCUT2D eigenvalue weighted by atomic mass is 16.7. The molecule has 0 saturated carbocycles. The molecule has 0 atom stereocenters. The second-order valence-corrected chi connectivity index (χ2v) is 10.1. The molecule has 2 N–H and O–H groups in total. The molecule has 212 valence electrons. The first-order valence-electron chi connectivity index (χ1n) is 13.9. The minimum atomic E-state index is -0.357. The molecule has 41 heavy (non-hydrogen) atoms. The van der Waals surface area contributed by atoms with Crippen molar-refractivity contribution in [2.24, 2.45) is 5.73 Å². The van der Waals surface area contributed by atoms with Crippen molar-refractivity contribution in [3.63, 3.8) is 0 Å². The minimum absolute atomic E-state index is 0.194. The SMILES string of the molecule is COc1cc(CN(CCCOc2cccc(CC(N)=O)c2)CC(c2ccccc2)c2ccccc2)cc2c1OCO2. The number of methoxy groups -OCH3 is 1. The van der Waals surface area contributed by atoms with Crippen LogP contribution in [0.2, 0.25) is 0 Å².